The normalized spacial score (nSPS) is 10.9. The quantitative estimate of drug-likeness (QED) is 0.628. The first-order valence-corrected chi connectivity index (χ1v) is 4.67. The fourth-order valence-electron chi connectivity index (χ4n) is 1.35. The standard InChI is InChI=1S/C10H5F4N3O/c11-7-1-5(2-8(12)6(7)4-18)9-3-17(10(13)14)16-15-9/h1-4,10H. The molecule has 0 spiro atoms. The molecule has 94 valence electrons. The maximum absolute atomic E-state index is 13.3. The van der Waals surface area contributed by atoms with Gasteiger partial charge < -0.3 is 0 Å². The Kier molecular flexibility index (Phi) is 3.09. The molecular formula is C10H5F4N3O. The molecule has 0 aliphatic carbocycles. The highest BCUT2D eigenvalue weighted by molar-refractivity contribution is 5.77. The van der Waals surface area contributed by atoms with Gasteiger partial charge in [-0.2, -0.15) is 13.5 Å². The van der Waals surface area contributed by atoms with Gasteiger partial charge >= 0.3 is 6.55 Å². The summed E-state index contributed by atoms with van der Waals surface area (Å²) in [6.45, 7) is -2.89. The fraction of sp³-hybridized carbons (Fsp3) is 0.100. The Balaban J connectivity index is 2.47. The number of aldehydes is 1. The lowest BCUT2D eigenvalue weighted by Gasteiger charge is -2.00. The SMILES string of the molecule is O=Cc1c(F)cc(-c2cn(C(F)F)nn2)cc1F. The molecule has 18 heavy (non-hydrogen) atoms. The highest BCUT2D eigenvalue weighted by Gasteiger charge is 2.15. The van der Waals surface area contributed by atoms with Crippen LogP contribution in [0.1, 0.15) is 16.9 Å². The molecule has 0 N–H and O–H groups in total. The number of hydrogen-bond acceptors (Lipinski definition) is 3. The van der Waals surface area contributed by atoms with Crippen molar-refractivity contribution in [3.8, 4) is 11.3 Å². The maximum Gasteiger partial charge on any atom is 0.334 e. The summed E-state index contributed by atoms with van der Waals surface area (Å²) in [5.74, 6) is -2.18. The van der Waals surface area contributed by atoms with E-state index in [4.69, 9.17) is 0 Å². The highest BCUT2D eigenvalue weighted by atomic mass is 19.3. The Morgan fingerprint density at radius 3 is 2.28 bits per heavy atom. The number of aromatic nitrogens is 3. The molecule has 0 atom stereocenters. The Morgan fingerprint density at radius 1 is 1.22 bits per heavy atom. The molecule has 1 aromatic carbocycles. The minimum atomic E-state index is -2.89. The number of carbonyl (C=O) groups is 1. The van der Waals surface area contributed by atoms with Crippen LogP contribution in [-0.2, 0) is 0 Å². The summed E-state index contributed by atoms with van der Waals surface area (Å²) in [6.07, 6.45) is 0.879. The van der Waals surface area contributed by atoms with Crippen molar-refractivity contribution < 1.29 is 22.4 Å². The first kappa shape index (κ1) is 12.2. The van der Waals surface area contributed by atoms with Crippen molar-refractivity contribution in [2.24, 2.45) is 0 Å². The molecule has 0 amide bonds. The van der Waals surface area contributed by atoms with E-state index in [9.17, 15) is 22.4 Å². The Hall–Kier alpha value is -2.25. The molecule has 0 unspecified atom stereocenters. The van der Waals surface area contributed by atoms with Gasteiger partial charge in [-0.15, -0.1) is 5.10 Å². The molecule has 1 aromatic heterocycles. The number of carbonyl (C=O) groups excluding carboxylic acids is 1. The van der Waals surface area contributed by atoms with E-state index in [1.165, 1.54) is 0 Å². The molecule has 8 heteroatoms. The number of benzene rings is 1. The van der Waals surface area contributed by atoms with Gasteiger partial charge in [-0.05, 0) is 12.1 Å². The van der Waals surface area contributed by atoms with Gasteiger partial charge in [0.2, 0.25) is 0 Å². The van der Waals surface area contributed by atoms with Gasteiger partial charge in [-0.3, -0.25) is 4.79 Å². The van der Waals surface area contributed by atoms with Crippen LogP contribution >= 0.6 is 0 Å². The smallest absolute Gasteiger partial charge is 0.298 e. The van der Waals surface area contributed by atoms with E-state index in [0.717, 1.165) is 18.3 Å². The molecule has 4 nitrogen and oxygen atoms in total. The number of hydrogen-bond donors (Lipinski definition) is 0. The van der Waals surface area contributed by atoms with Gasteiger partial charge in [0.25, 0.3) is 0 Å². The second-order valence-electron chi connectivity index (χ2n) is 3.33. The zero-order chi connectivity index (χ0) is 13.3. The molecule has 0 radical (unpaired) electrons. The van der Waals surface area contributed by atoms with Crippen LogP contribution < -0.4 is 0 Å². The molecule has 1 heterocycles. The third-order valence-corrected chi connectivity index (χ3v) is 2.20. The van der Waals surface area contributed by atoms with Crippen molar-refractivity contribution in [1.29, 1.82) is 0 Å². The molecule has 0 saturated carbocycles. The maximum atomic E-state index is 13.3. The average molecular weight is 259 g/mol. The first-order valence-electron chi connectivity index (χ1n) is 4.67. The Morgan fingerprint density at radius 2 is 1.83 bits per heavy atom. The molecule has 2 rings (SSSR count). The fourth-order valence-corrected chi connectivity index (χ4v) is 1.35. The van der Waals surface area contributed by atoms with Crippen molar-refractivity contribution in [2.75, 3.05) is 0 Å². The van der Waals surface area contributed by atoms with Crippen LogP contribution in [-0.4, -0.2) is 21.3 Å². The lowest BCUT2D eigenvalue weighted by Crippen LogP contribution is -1.97. The molecule has 0 saturated heterocycles. The van der Waals surface area contributed by atoms with Gasteiger partial charge in [-0.25, -0.2) is 8.78 Å². The van der Waals surface area contributed by atoms with Gasteiger partial charge in [0.1, 0.15) is 17.3 Å². The lowest BCUT2D eigenvalue weighted by atomic mass is 10.1. The van der Waals surface area contributed by atoms with Crippen molar-refractivity contribution >= 4 is 6.29 Å². The Bertz CT molecular complexity index is 574. The van der Waals surface area contributed by atoms with E-state index in [0.29, 0.717) is 0 Å². The zero-order valence-electron chi connectivity index (χ0n) is 8.65. The number of alkyl halides is 2. The molecule has 0 aliphatic rings. The zero-order valence-corrected chi connectivity index (χ0v) is 8.65. The first-order chi connectivity index (χ1) is 8.52. The van der Waals surface area contributed by atoms with Crippen LogP contribution in [0.4, 0.5) is 17.6 Å². The predicted octanol–water partition coefficient (Wildman–Crippen LogP) is 2.43. The van der Waals surface area contributed by atoms with E-state index >= 15 is 0 Å². The summed E-state index contributed by atoms with van der Waals surface area (Å²) < 4.78 is 51.3. The third-order valence-electron chi connectivity index (χ3n) is 2.20. The van der Waals surface area contributed by atoms with Crippen LogP contribution in [0.2, 0.25) is 0 Å². The van der Waals surface area contributed by atoms with Gasteiger partial charge in [-0.1, -0.05) is 5.21 Å². The highest BCUT2D eigenvalue weighted by Crippen LogP contribution is 2.22. The summed E-state index contributed by atoms with van der Waals surface area (Å²) in [5.41, 5.74) is -0.923. The summed E-state index contributed by atoms with van der Waals surface area (Å²) in [4.78, 5) is 10.4. The van der Waals surface area contributed by atoms with Crippen molar-refractivity contribution in [2.45, 2.75) is 6.55 Å². The molecular weight excluding hydrogens is 254 g/mol. The summed E-state index contributed by atoms with van der Waals surface area (Å²) in [6, 6.07) is 1.65. The average Bonchev–Trinajstić information content (AvgIpc) is 2.77. The van der Waals surface area contributed by atoms with E-state index < -0.39 is 23.7 Å². The summed E-state index contributed by atoms with van der Waals surface area (Å²) in [7, 11) is 0. The van der Waals surface area contributed by atoms with E-state index in [1.54, 1.807) is 0 Å². The predicted molar refractivity (Wildman–Crippen MR) is 52.0 cm³/mol. The van der Waals surface area contributed by atoms with Crippen molar-refractivity contribution in [3.05, 3.63) is 35.5 Å². The third kappa shape index (κ3) is 2.08. The minimum absolute atomic E-state index is 0.0322. The Labute approximate surface area is 97.8 Å². The molecule has 0 aliphatic heterocycles. The van der Waals surface area contributed by atoms with Crippen LogP contribution in [0.3, 0.4) is 0 Å². The lowest BCUT2D eigenvalue weighted by molar-refractivity contribution is 0.0546. The summed E-state index contributed by atoms with van der Waals surface area (Å²) in [5, 5.41) is 6.45. The topological polar surface area (TPSA) is 47.8 Å². The number of rotatable bonds is 3. The second-order valence-corrected chi connectivity index (χ2v) is 3.33. The monoisotopic (exact) mass is 259 g/mol. The minimum Gasteiger partial charge on any atom is -0.298 e. The molecule has 0 fully saturated rings. The van der Waals surface area contributed by atoms with Crippen molar-refractivity contribution in [3.63, 3.8) is 0 Å². The van der Waals surface area contributed by atoms with Gasteiger partial charge in [0.15, 0.2) is 6.29 Å². The van der Waals surface area contributed by atoms with E-state index in [1.807, 2.05) is 0 Å². The van der Waals surface area contributed by atoms with E-state index in [-0.39, 0.29) is 22.2 Å². The summed E-state index contributed by atoms with van der Waals surface area (Å²) >= 11 is 0. The van der Waals surface area contributed by atoms with Gasteiger partial charge in [0, 0.05) is 5.56 Å². The largest absolute Gasteiger partial charge is 0.334 e. The van der Waals surface area contributed by atoms with Gasteiger partial charge in [0.05, 0.1) is 11.8 Å². The second kappa shape index (κ2) is 4.55. The van der Waals surface area contributed by atoms with Crippen molar-refractivity contribution in [1.82, 2.24) is 15.0 Å². The van der Waals surface area contributed by atoms with Crippen LogP contribution in [0.15, 0.2) is 18.3 Å². The van der Waals surface area contributed by atoms with Crippen LogP contribution in [0.5, 0.6) is 0 Å². The number of nitrogens with zero attached hydrogens (tertiary/aromatic N) is 3. The molecule has 2 aromatic rings. The number of halogens is 4. The van der Waals surface area contributed by atoms with E-state index in [2.05, 4.69) is 10.3 Å². The van der Waals surface area contributed by atoms with Crippen LogP contribution in [0, 0.1) is 11.6 Å². The van der Waals surface area contributed by atoms with Crippen LogP contribution in [0.25, 0.3) is 11.3 Å². The molecule has 0 bridgehead atoms.